The Labute approximate surface area is 67.6 Å². The number of carboxylic acids is 1. The summed E-state index contributed by atoms with van der Waals surface area (Å²) in [5.74, 6) is 0.625. The van der Waals surface area contributed by atoms with Crippen molar-refractivity contribution in [1.82, 2.24) is 0 Å². The van der Waals surface area contributed by atoms with Gasteiger partial charge in [0.2, 0.25) is 0 Å². The van der Waals surface area contributed by atoms with Gasteiger partial charge in [-0.25, -0.2) is 0 Å². The number of carbonyl (C=O) groups is 1. The molecule has 0 amide bonds. The van der Waals surface area contributed by atoms with Gasteiger partial charge in [-0.1, -0.05) is 13.8 Å². The molecule has 0 heterocycles. The maximum Gasteiger partial charge on any atom is 0.306 e. The van der Waals surface area contributed by atoms with Crippen LogP contribution in [0.15, 0.2) is 0 Å². The fourth-order valence-corrected chi connectivity index (χ4v) is 1.77. The Bertz CT molecular complexity index is 154. The molecule has 0 aromatic heterocycles. The van der Waals surface area contributed by atoms with Crippen LogP contribution in [0.25, 0.3) is 0 Å². The third-order valence-electron chi connectivity index (χ3n) is 2.95. The third-order valence-corrected chi connectivity index (χ3v) is 2.95. The van der Waals surface area contributed by atoms with E-state index in [9.17, 15) is 4.79 Å². The Balaban J connectivity index is 2.46. The molecule has 1 aliphatic rings. The van der Waals surface area contributed by atoms with E-state index in [1.54, 1.807) is 0 Å². The third kappa shape index (κ3) is 1.95. The summed E-state index contributed by atoms with van der Waals surface area (Å²) >= 11 is 0. The van der Waals surface area contributed by atoms with Crippen LogP contribution in [-0.4, -0.2) is 11.1 Å². The van der Waals surface area contributed by atoms with E-state index in [-0.39, 0.29) is 5.92 Å². The van der Waals surface area contributed by atoms with E-state index in [0.29, 0.717) is 11.8 Å². The van der Waals surface area contributed by atoms with Crippen molar-refractivity contribution in [2.45, 2.75) is 33.1 Å². The molecule has 3 atom stereocenters. The van der Waals surface area contributed by atoms with Crippen LogP contribution in [0, 0.1) is 17.8 Å². The summed E-state index contributed by atoms with van der Waals surface area (Å²) in [6, 6.07) is 0. The summed E-state index contributed by atoms with van der Waals surface area (Å²) in [7, 11) is 0. The molecule has 0 radical (unpaired) electrons. The number of rotatable bonds is 1. The summed E-state index contributed by atoms with van der Waals surface area (Å²) in [5, 5.41) is 8.74. The zero-order valence-corrected chi connectivity index (χ0v) is 7.21. The molecule has 0 saturated heterocycles. The molecule has 0 bridgehead atoms. The van der Waals surface area contributed by atoms with E-state index in [1.165, 1.54) is 0 Å². The van der Waals surface area contributed by atoms with Crippen LogP contribution in [0.5, 0.6) is 0 Å². The predicted molar refractivity (Wildman–Crippen MR) is 43.3 cm³/mol. The average Bonchev–Trinajstić information content (AvgIpc) is 1.94. The smallest absolute Gasteiger partial charge is 0.306 e. The second kappa shape index (κ2) is 3.24. The minimum Gasteiger partial charge on any atom is -0.481 e. The van der Waals surface area contributed by atoms with Gasteiger partial charge < -0.3 is 5.11 Å². The number of carboxylic acid groups (broad SMARTS) is 1. The minimum atomic E-state index is -0.608. The van der Waals surface area contributed by atoms with Crippen LogP contribution in [0.2, 0.25) is 0 Å². The summed E-state index contributed by atoms with van der Waals surface area (Å²) in [6.45, 7) is 4.36. The Morgan fingerprint density at radius 2 is 1.91 bits per heavy atom. The van der Waals surface area contributed by atoms with Gasteiger partial charge in [-0.3, -0.25) is 4.79 Å². The molecule has 0 spiro atoms. The van der Waals surface area contributed by atoms with Crippen LogP contribution in [0.3, 0.4) is 0 Å². The van der Waals surface area contributed by atoms with Crippen molar-refractivity contribution < 1.29 is 9.90 Å². The molecule has 1 fully saturated rings. The minimum absolute atomic E-state index is 0.0683. The quantitative estimate of drug-likeness (QED) is 0.631. The second-order valence-electron chi connectivity index (χ2n) is 3.80. The summed E-state index contributed by atoms with van der Waals surface area (Å²) < 4.78 is 0. The SMILES string of the molecule is C[C@@H]1CC[C@@H](C(=O)O)C[C@@H]1C. The van der Waals surface area contributed by atoms with Crippen molar-refractivity contribution in [3.05, 3.63) is 0 Å². The summed E-state index contributed by atoms with van der Waals surface area (Å²) in [4.78, 5) is 10.6. The van der Waals surface area contributed by atoms with Crippen LogP contribution in [-0.2, 0) is 4.79 Å². The van der Waals surface area contributed by atoms with Gasteiger partial charge in [-0.05, 0) is 31.1 Å². The highest BCUT2D eigenvalue weighted by Crippen LogP contribution is 2.33. The van der Waals surface area contributed by atoms with E-state index >= 15 is 0 Å². The van der Waals surface area contributed by atoms with Gasteiger partial charge in [-0.2, -0.15) is 0 Å². The average molecular weight is 156 g/mol. The van der Waals surface area contributed by atoms with Gasteiger partial charge in [0.1, 0.15) is 0 Å². The van der Waals surface area contributed by atoms with Crippen molar-refractivity contribution in [1.29, 1.82) is 0 Å². The van der Waals surface area contributed by atoms with Crippen molar-refractivity contribution in [3.63, 3.8) is 0 Å². The van der Waals surface area contributed by atoms with E-state index < -0.39 is 5.97 Å². The summed E-state index contributed by atoms with van der Waals surface area (Å²) in [6.07, 6.45) is 2.83. The molecular formula is C9H16O2. The van der Waals surface area contributed by atoms with Gasteiger partial charge in [0.25, 0.3) is 0 Å². The van der Waals surface area contributed by atoms with Crippen LogP contribution in [0.1, 0.15) is 33.1 Å². The van der Waals surface area contributed by atoms with Gasteiger partial charge in [0.05, 0.1) is 5.92 Å². The summed E-state index contributed by atoms with van der Waals surface area (Å²) in [5.41, 5.74) is 0. The monoisotopic (exact) mass is 156 g/mol. The molecule has 2 nitrogen and oxygen atoms in total. The Kier molecular flexibility index (Phi) is 2.53. The van der Waals surface area contributed by atoms with Crippen LogP contribution in [0.4, 0.5) is 0 Å². The fourth-order valence-electron chi connectivity index (χ4n) is 1.77. The first-order valence-corrected chi connectivity index (χ1v) is 4.34. The molecule has 1 N–H and O–H groups in total. The van der Waals surface area contributed by atoms with Crippen molar-refractivity contribution in [2.75, 3.05) is 0 Å². The highest BCUT2D eigenvalue weighted by atomic mass is 16.4. The van der Waals surface area contributed by atoms with Gasteiger partial charge in [0.15, 0.2) is 0 Å². The van der Waals surface area contributed by atoms with Crippen LogP contribution >= 0.6 is 0 Å². The fraction of sp³-hybridized carbons (Fsp3) is 0.889. The Morgan fingerprint density at radius 3 is 2.36 bits per heavy atom. The lowest BCUT2D eigenvalue weighted by Gasteiger charge is -2.29. The van der Waals surface area contributed by atoms with Gasteiger partial charge in [0, 0.05) is 0 Å². The highest BCUT2D eigenvalue weighted by molar-refractivity contribution is 5.70. The highest BCUT2D eigenvalue weighted by Gasteiger charge is 2.28. The number of hydrogen-bond donors (Lipinski definition) is 1. The van der Waals surface area contributed by atoms with Gasteiger partial charge >= 0.3 is 5.97 Å². The first-order valence-electron chi connectivity index (χ1n) is 4.34. The maximum absolute atomic E-state index is 10.6. The standard InChI is InChI=1S/C9H16O2/c1-6-3-4-8(9(10)11)5-7(6)2/h6-8H,3-5H2,1-2H3,(H,10,11)/t6-,7+,8-/m1/s1. The van der Waals surface area contributed by atoms with E-state index in [2.05, 4.69) is 13.8 Å². The van der Waals surface area contributed by atoms with Crippen molar-refractivity contribution in [2.24, 2.45) is 17.8 Å². The number of hydrogen-bond acceptors (Lipinski definition) is 1. The molecule has 0 aromatic carbocycles. The largest absolute Gasteiger partial charge is 0.481 e. The van der Waals surface area contributed by atoms with Crippen molar-refractivity contribution >= 4 is 5.97 Å². The lowest BCUT2D eigenvalue weighted by molar-refractivity contribution is -0.143. The predicted octanol–water partition coefficient (Wildman–Crippen LogP) is 2.14. The van der Waals surface area contributed by atoms with Crippen LogP contribution < -0.4 is 0 Å². The molecule has 0 unspecified atom stereocenters. The topological polar surface area (TPSA) is 37.3 Å². The molecule has 1 rings (SSSR count). The van der Waals surface area contributed by atoms with Gasteiger partial charge in [-0.15, -0.1) is 0 Å². The van der Waals surface area contributed by atoms with E-state index in [0.717, 1.165) is 19.3 Å². The molecule has 1 aliphatic carbocycles. The van der Waals surface area contributed by atoms with Crippen molar-refractivity contribution in [3.8, 4) is 0 Å². The van der Waals surface area contributed by atoms with E-state index in [4.69, 9.17) is 5.11 Å². The molecule has 11 heavy (non-hydrogen) atoms. The maximum atomic E-state index is 10.6. The normalized spacial score (nSPS) is 38.5. The second-order valence-corrected chi connectivity index (χ2v) is 3.80. The zero-order chi connectivity index (χ0) is 8.43. The first-order chi connectivity index (χ1) is 5.11. The Morgan fingerprint density at radius 1 is 1.27 bits per heavy atom. The molecule has 0 aromatic rings. The van der Waals surface area contributed by atoms with E-state index in [1.807, 2.05) is 0 Å². The molecule has 2 heteroatoms. The lowest BCUT2D eigenvalue weighted by Crippen LogP contribution is -2.25. The molecular weight excluding hydrogens is 140 g/mol. The molecule has 64 valence electrons. The molecule has 0 aliphatic heterocycles. The number of aliphatic carboxylic acids is 1. The molecule has 1 saturated carbocycles. The Hall–Kier alpha value is -0.530. The lowest BCUT2D eigenvalue weighted by atomic mass is 9.76. The first kappa shape index (κ1) is 8.57. The zero-order valence-electron chi connectivity index (χ0n) is 7.21.